The average molecular weight is 490 g/mol. The number of carbonyl (C=O) groups is 1. The van der Waals surface area contributed by atoms with Gasteiger partial charge in [-0.05, 0) is 67.8 Å². The Morgan fingerprint density at radius 3 is 2.27 bits per heavy atom. The smallest absolute Gasteiger partial charge is 0.241 e. The van der Waals surface area contributed by atoms with Gasteiger partial charge in [-0.2, -0.15) is 0 Å². The van der Waals surface area contributed by atoms with Gasteiger partial charge in [-0.25, -0.2) is 13.1 Å². The molecule has 0 aliphatic carbocycles. The largest absolute Gasteiger partial charge is 0.372 e. The number of carbonyl (C=O) groups excluding carboxylic acids is 1. The molecule has 0 radical (unpaired) electrons. The predicted octanol–water partition coefficient (Wildman–Crippen LogP) is 5.28. The zero-order chi connectivity index (χ0) is 24.2. The minimum absolute atomic E-state index is 0.130. The SMILES string of the molecule is CSc1ccc(S(=O)(=O)N[C@H](C)c2ccc(N3CCC(C)CC3)cc2)cc1NC(=O)C(C)C. The van der Waals surface area contributed by atoms with E-state index in [1.807, 2.05) is 25.3 Å². The molecule has 1 atom stereocenters. The molecule has 1 fully saturated rings. The van der Waals surface area contributed by atoms with Crippen LogP contribution in [0, 0.1) is 11.8 Å². The molecule has 3 rings (SSSR count). The molecule has 0 saturated carbocycles. The van der Waals surface area contributed by atoms with E-state index < -0.39 is 10.0 Å². The highest BCUT2D eigenvalue weighted by molar-refractivity contribution is 7.98. The molecule has 180 valence electrons. The van der Waals surface area contributed by atoms with Crippen LogP contribution >= 0.6 is 11.8 Å². The summed E-state index contributed by atoms with van der Waals surface area (Å²) in [5.74, 6) is 0.429. The summed E-state index contributed by atoms with van der Waals surface area (Å²) in [6.07, 6.45) is 4.29. The molecular formula is C25H35N3O3S2. The zero-order valence-corrected chi connectivity index (χ0v) is 21.7. The van der Waals surface area contributed by atoms with Crippen LogP contribution in [0.25, 0.3) is 0 Å². The molecule has 2 aromatic rings. The van der Waals surface area contributed by atoms with E-state index >= 15 is 0 Å². The van der Waals surface area contributed by atoms with E-state index in [9.17, 15) is 13.2 Å². The van der Waals surface area contributed by atoms with Crippen LogP contribution in [0.3, 0.4) is 0 Å². The van der Waals surface area contributed by atoms with Crippen molar-refractivity contribution in [3.05, 3.63) is 48.0 Å². The van der Waals surface area contributed by atoms with Gasteiger partial charge in [0.25, 0.3) is 0 Å². The molecule has 2 N–H and O–H groups in total. The van der Waals surface area contributed by atoms with Gasteiger partial charge >= 0.3 is 0 Å². The Morgan fingerprint density at radius 2 is 1.70 bits per heavy atom. The van der Waals surface area contributed by atoms with Crippen molar-refractivity contribution in [1.82, 2.24) is 4.72 Å². The second kappa shape index (κ2) is 10.9. The van der Waals surface area contributed by atoms with Crippen molar-refractivity contribution in [2.45, 2.75) is 56.4 Å². The molecule has 1 aliphatic rings. The summed E-state index contributed by atoms with van der Waals surface area (Å²) in [5.41, 5.74) is 2.59. The van der Waals surface area contributed by atoms with E-state index in [1.165, 1.54) is 36.4 Å². The molecule has 1 aliphatic heterocycles. The fourth-order valence-corrected chi connectivity index (χ4v) is 5.63. The van der Waals surface area contributed by atoms with Crippen LogP contribution in [0.2, 0.25) is 0 Å². The number of rotatable bonds is 8. The third-order valence-electron chi connectivity index (χ3n) is 6.14. The van der Waals surface area contributed by atoms with Crippen molar-refractivity contribution >= 4 is 39.1 Å². The number of nitrogens with zero attached hydrogens (tertiary/aromatic N) is 1. The van der Waals surface area contributed by atoms with E-state index in [0.717, 1.165) is 29.5 Å². The summed E-state index contributed by atoms with van der Waals surface area (Å²) in [6, 6.07) is 12.6. The summed E-state index contributed by atoms with van der Waals surface area (Å²) < 4.78 is 29.0. The van der Waals surface area contributed by atoms with Gasteiger partial charge in [0.1, 0.15) is 0 Å². The lowest BCUT2D eigenvalue weighted by Gasteiger charge is -2.32. The quantitative estimate of drug-likeness (QED) is 0.493. The van der Waals surface area contributed by atoms with Gasteiger partial charge in [0.2, 0.25) is 15.9 Å². The Kier molecular flexibility index (Phi) is 8.48. The maximum absolute atomic E-state index is 13.1. The molecule has 33 heavy (non-hydrogen) atoms. The third kappa shape index (κ3) is 6.52. The number of benzene rings is 2. The number of nitrogens with one attached hydrogen (secondary N) is 2. The van der Waals surface area contributed by atoms with Gasteiger partial charge < -0.3 is 10.2 Å². The van der Waals surface area contributed by atoms with Crippen LogP contribution in [0.15, 0.2) is 52.3 Å². The highest BCUT2D eigenvalue weighted by Crippen LogP contribution is 2.30. The van der Waals surface area contributed by atoms with Crippen molar-refractivity contribution in [2.24, 2.45) is 11.8 Å². The topological polar surface area (TPSA) is 78.5 Å². The maximum atomic E-state index is 13.1. The van der Waals surface area contributed by atoms with E-state index in [1.54, 1.807) is 26.0 Å². The van der Waals surface area contributed by atoms with E-state index in [0.29, 0.717) is 5.69 Å². The molecule has 0 spiro atoms. The van der Waals surface area contributed by atoms with Crippen molar-refractivity contribution in [3.63, 3.8) is 0 Å². The summed E-state index contributed by atoms with van der Waals surface area (Å²) in [6.45, 7) is 9.86. The molecule has 1 heterocycles. The molecule has 2 aromatic carbocycles. The molecule has 8 heteroatoms. The van der Waals surface area contributed by atoms with Crippen molar-refractivity contribution in [2.75, 3.05) is 29.6 Å². The monoisotopic (exact) mass is 489 g/mol. The number of thioether (sulfide) groups is 1. The average Bonchev–Trinajstić information content (AvgIpc) is 2.79. The van der Waals surface area contributed by atoms with Crippen LogP contribution in [-0.4, -0.2) is 33.7 Å². The first-order chi connectivity index (χ1) is 15.6. The van der Waals surface area contributed by atoms with Crippen molar-refractivity contribution in [3.8, 4) is 0 Å². The predicted molar refractivity (Wildman–Crippen MR) is 137 cm³/mol. The number of sulfonamides is 1. The molecular weight excluding hydrogens is 454 g/mol. The number of anilines is 2. The van der Waals surface area contributed by atoms with E-state index in [2.05, 4.69) is 34.0 Å². The van der Waals surface area contributed by atoms with Gasteiger partial charge in [0.15, 0.2) is 0 Å². The normalized spacial score (nSPS) is 16.1. The third-order valence-corrected chi connectivity index (χ3v) is 8.47. The van der Waals surface area contributed by atoms with Gasteiger partial charge in [0, 0.05) is 35.6 Å². The number of amides is 1. The fourth-order valence-electron chi connectivity index (χ4n) is 3.84. The molecule has 1 saturated heterocycles. The van der Waals surface area contributed by atoms with E-state index in [4.69, 9.17) is 0 Å². The van der Waals surface area contributed by atoms with Crippen LogP contribution in [0.4, 0.5) is 11.4 Å². The second-order valence-corrected chi connectivity index (χ2v) is 11.7. The fraction of sp³-hybridized carbons (Fsp3) is 0.480. The van der Waals surface area contributed by atoms with Crippen molar-refractivity contribution in [1.29, 1.82) is 0 Å². The van der Waals surface area contributed by atoms with Crippen molar-refractivity contribution < 1.29 is 13.2 Å². The maximum Gasteiger partial charge on any atom is 0.241 e. The Labute approximate surface area is 202 Å². The first-order valence-electron chi connectivity index (χ1n) is 11.5. The van der Waals surface area contributed by atoms with Crippen LogP contribution in [0.1, 0.15) is 52.1 Å². The molecule has 6 nitrogen and oxygen atoms in total. The number of piperidine rings is 1. The minimum atomic E-state index is -3.77. The van der Waals surface area contributed by atoms with Crippen LogP contribution in [0.5, 0.6) is 0 Å². The molecule has 0 aromatic heterocycles. The molecule has 0 unspecified atom stereocenters. The van der Waals surface area contributed by atoms with Gasteiger partial charge in [0.05, 0.1) is 10.6 Å². The summed E-state index contributed by atoms with van der Waals surface area (Å²) in [5, 5.41) is 2.84. The lowest BCUT2D eigenvalue weighted by atomic mass is 9.98. The highest BCUT2D eigenvalue weighted by Gasteiger charge is 2.21. The molecule has 0 bridgehead atoms. The minimum Gasteiger partial charge on any atom is -0.372 e. The van der Waals surface area contributed by atoms with Crippen LogP contribution in [-0.2, 0) is 14.8 Å². The first kappa shape index (κ1) is 25.6. The Bertz CT molecular complexity index is 1060. The first-order valence-corrected chi connectivity index (χ1v) is 14.2. The summed E-state index contributed by atoms with van der Waals surface area (Å²) in [4.78, 5) is 15.5. The highest BCUT2D eigenvalue weighted by atomic mass is 32.2. The summed E-state index contributed by atoms with van der Waals surface area (Å²) >= 11 is 1.46. The molecule has 1 amide bonds. The second-order valence-electron chi connectivity index (χ2n) is 9.11. The van der Waals surface area contributed by atoms with E-state index in [-0.39, 0.29) is 22.8 Å². The van der Waals surface area contributed by atoms with Gasteiger partial charge in [-0.3, -0.25) is 4.79 Å². The van der Waals surface area contributed by atoms with Crippen LogP contribution < -0.4 is 14.9 Å². The Hall–Kier alpha value is -2.03. The lowest BCUT2D eigenvalue weighted by Crippen LogP contribution is -2.32. The standard InChI is InChI=1S/C25H35N3O3S2/c1-17(2)25(29)26-23-16-22(10-11-24(23)32-5)33(30,31)27-19(4)20-6-8-21(9-7-20)28-14-12-18(3)13-15-28/h6-11,16-19,27H,12-15H2,1-5H3,(H,26,29)/t19-/m1/s1. The number of hydrogen-bond donors (Lipinski definition) is 2. The zero-order valence-electron chi connectivity index (χ0n) is 20.1. The van der Waals surface area contributed by atoms with Gasteiger partial charge in [-0.15, -0.1) is 11.8 Å². The lowest BCUT2D eigenvalue weighted by molar-refractivity contribution is -0.118. The van der Waals surface area contributed by atoms with Gasteiger partial charge in [-0.1, -0.05) is 32.9 Å². The Morgan fingerprint density at radius 1 is 1.06 bits per heavy atom. The summed E-state index contributed by atoms with van der Waals surface area (Å²) in [7, 11) is -3.77. The Balaban J connectivity index is 1.73. The number of hydrogen-bond acceptors (Lipinski definition) is 5.